The molecular weight excluding hydrogens is 312 g/mol. The van der Waals surface area contributed by atoms with Crippen molar-refractivity contribution in [2.45, 2.75) is 38.4 Å². The summed E-state index contributed by atoms with van der Waals surface area (Å²) in [5.74, 6) is 0.107. The van der Waals surface area contributed by atoms with E-state index in [0.717, 1.165) is 25.1 Å². The minimum absolute atomic E-state index is 0. The predicted octanol–water partition coefficient (Wildman–Crippen LogP) is 2.11. The van der Waals surface area contributed by atoms with Gasteiger partial charge in [-0.25, -0.2) is 0 Å². The molecule has 0 bridgehead atoms. The third kappa shape index (κ3) is 5.37. The highest BCUT2D eigenvalue weighted by Crippen LogP contribution is 2.08. The standard InChI is InChI=1S/C17H22N4O.ClH/c22-17(9-16-7-4-8-18-16)19-10-15-11-20-21(13-15)12-14-5-2-1-3-6-14;/h1-3,5-6,11,13,16,18H,4,7-10,12H2,(H,19,22);1H. The molecule has 5 nitrogen and oxygen atoms in total. The maximum atomic E-state index is 11.9. The molecule has 124 valence electrons. The monoisotopic (exact) mass is 334 g/mol. The van der Waals surface area contributed by atoms with Gasteiger partial charge in [-0.3, -0.25) is 9.48 Å². The van der Waals surface area contributed by atoms with E-state index in [-0.39, 0.29) is 18.3 Å². The summed E-state index contributed by atoms with van der Waals surface area (Å²) in [6, 6.07) is 10.6. The molecule has 1 amide bonds. The van der Waals surface area contributed by atoms with Gasteiger partial charge in [-0.1, -0.05) is 30.3 Å². The van der Waals surface area contributed by atoms with Crippen LogP contribution < -0.4 is 10.6 Å². The second kappa shape index (κ2) is 8.70. The van der Waals surface area contributed by atoms with Gasteiger partial charge in [-0.15, -0.1) is 12.4 Å². The number of rotatable bonds is 6. The number of carbonyl (C=O) groups excluding carboxylic acids is 1. The maximum absolute atomic E-state index is 11.9. The molecule has 1 aliphatic heterocycles. The Balaban J connectivity index is 0.00000192. The molecule has 6 heteroatoms. The van der Waals surface area contributed by atoms with E-state index in [2.05, 4.69) is 27.9 Å². The van der Waals surface area contributed by atoms with Gasteiger partial charge in [0.2, 0.25) is 5.91 Å². The summed E-state index contributed by atoms with van der Waals surface area (Å²) in [7, 11) is 0. The van der Waals surface area contributed by atoms with Crippen molar-refractivity contribution in [1.82, 2.24) is 20.4 Å². The molecule has 0 spiro atoms. The lowest BCUT2D eigenvalue weighted by atomic mass is 10.1. The number of carbonyl (C=O) groups is 1. The van der Waals surface area contributed by atoms with Crippen molar-refractivity contribution in [3.8, 4) is 0 Å². The number of halogens is 1. The van der Waals surface area contributed by atoms with Crippen molar-refractivity contribution in [2.24, 2.45) is 0 Å². The molecule has 1 aromatic carbocycles. The number of nitrogens with zero attached hydrogens (tertiary/aromatic N) is 2. The first-order chi connectivity index (χ1) is 10.8. The van der Waals surface area contributed by atoms with E-state index in [4.69, 9.17) is 0 Å². The van der Waals surface area contributed by atoms with Crippen LogP contribution in [0, 0.1) is 0 Å². The first kappa shape index (κ1) is 17.5. The first-order valence-corrected chi connectivity index (χ1v) is 7.85. The van der Waals surface area contributed by atoms with Gasteiger partial charge < -0.3 is 10.6 Å². The van der Waals surface area contributed by atoms with Gasteiger partial charge in [0, 0.05) is 30.8 Å². The van der Waals surface area contributed by atoms with E-state index in [0.29, 0.717) is 19.0 Å². The van der Waals surface area contributed by atoms with Crippen LogP contribution in [0.1, 0.15) is 30.4 Å². The average Bonchev–Trinajstić information content (AvgIpc) is 3.18. The Morgan fingerprint density at radius 2 is 2.13 bits per heavy atom. The molecule has 23 heavy (non-hydrogen) atoms. The summed E-state index contributed by atoms with van der Waals surface area (Å²) >= 11 is 0. The highest BCUT2D eigenvalue weighted by Gasteiger charge is 2.17. The summed E-state index contributed by atoms with van der Waals surface area (Å²) in [6.07, 6.45) is 6.64. The average molecular weight is 335 g/mol. The molecule has 1 atom stereocenters. The van der Waals surface area contributed by atoms with E-state index < -0.39 is 0 Å². The van der Waals surface area contributed by atoms with Crippen molar-refractivity contribution in [1.29, 1.82) is 0 Å². The van der Waals surface area contributed by atoms with Crippen LogP contribution in [0.15, 0.2) is 42.7 Å². The number of aromatic nitrogens is 2. The van der Waals surface area contributed by atoms with E-state index in [1.165, 1.54) is 12.0 Å². The molecule has 2 aromatic rings. The molecular formula is C17H23ClN4O. The fourth-order valence-corrected chi connectivity index (χ4v) is 2.78. The van der Waals surface area contributed by atoms with Crippen LogP contribution in [0.3, 0.4) is 0 Å². The van der Waals surface area contributed by atoms with E-state index in [1.54, 1.807) is 0 Å². The van der Waals surface area contributed by atoms with Crippen LogP contribution in [-0.2, 0) is 17.9 Å². The lowest BCUT2D eigenvalue weighted by molar-refractivity contribution is -0.121. The molecule has 2 heterocycles. The second-order valence-electron chi connectivity index (χ2n) is 5.81. The zero-order valence-electron chi connectivity index (χ0n) is 13.1. The minimum Gasteiger partial charge on any atom is -0.352 e. The normalized spacial score (nSPS) is 16.8. The van der Waals surface area contributed by atoms with Gasteiger partial charge in [0.15, 0.2) is 0 Å². The third-order valence-corrected chi connectivity index (χ3v) is 3.96. The van der Waals surface area contributed by atoms with E-state index >= 15 is 0 Å². The molecule has 3 rings (SSSR count). The Morgan fingerprint density at radius 3 is 2.87 bits per heavy atom. The fraction of sp³-hybridized carbons (Fsp3) is 0.412. The molecule has 1 unspecified atom stereocenters. The van der Waals surface area contributed by atoms with Crippen molar-refractivity contribution >= 4 is 18.3 Å². The Labute approximate surface area is 142 Å². The fourth-order valence-electron chi connectivity index (χ4n) is 2.78. The lowest BCUT2D eigenvalue weighted by Gasteiger charge is -2.09. The number of hydrogen-bond donors (Lipinski definition) is 2. The Bertz CT molecular complexity index is 608. The predicted molar refractivity (Wildman–Crippen MR) is 92.5 cm³/mol. The molecule has 1 aliphatic rings. The Morgan fingerprint density at radius 1 is 1.30 bits per heavy atom. The molecule has 1 saturated heterocycles. The van der Waals surface area contributed by atoms with Gasteiger partial charge in [-0.05, 0) is 24.9 Å². The summed E-state index contributed by atoms with van der Waals surface area (Å²) in [5, 5.41) is 10.7. The van der Waals surface area contributed by atoms with Gasteiger partial charge >= 0.3 is 0 Å². The van der Waals surface area contributed by atoms with Crippen molar-refractivity contribution in [3.05, 3.63) is 53.9 Å². The first-order valence-electron chi connectivity index (χ1n) is 7.85. The van der Waals surface area contributed by atoms with Crippen molar-refractivity contribution < 1.29 is 4.79 Å². The summed E-state index contributed by atoms with van der Waals surface area (Å²) < 4.78 is 1.90. The van der Waals surface area contributed by atoms with Crippen LogP contribution in [-0.4, -0.2) is 28.3 Å². The number of benzene rings is 1. The van der Waals surface area contributed by atoms with Crippen LogP contribution in [0.25, 0.3) is 0 Å². The third-order valence-electron chi connectivity index (χ3n) is 3.96. The van der Waals surface area contributed by atoms with Crippen molar-refractivity contribution in [3.63, 3.8) is 0 Å². The van der Waals surface area contributed by atoms with Crippen LogP contribution in [0.4, 0.5) is 0 Å². The van der Waals surface area contributed by atoms with Crippen molar-refractivity contribution in [2.75, 3.05) is 6.54 Å². The van der Waals surface area contributed by atoms with Crippen LogP contribution in [0.2, 0.25) is 0 Å². The number of amides is 1. The van der Waals surface area contributed by atoms with Crippen LogP contribution >= 0.6 is 12.4 Å². The summed E-state index contributed by atoms with van der Waals surface area (Å²) in [5.41, 5.74) is 2.25. The van der Waals surface area contributed by atoms with E-state index in [1.807, 2.05) is 35.3 Å². The highest BCUT2D eigenvalue weighted by molar-refractivity contribution is 5.85. The number of hydrogen-bond acceptors (Lipinski definition) is 3. The Kier molecular flexibility index (Phi) is 6.62. The topological polar surface area (TPSA) is 59.0 Å². The highest BCUT2D eigenvalue weighted by atomic mass is 35.5. The second-order valence-corrected chi connectivity index (χ2v) is 5.81. The van der Waals surface area contributed by atoms with Gasteiger partial charge in [-0.2, -0.15) is 5.10 Å². The number of nitrogens with one attached hydrogen (secondary N) is 2. The quantitative estimate of drug-likeness (QED) is 0.850. The van der Waals surface area contributed by atoms with Gasteiger partial charge in [0.1, 0.15) is 0 Å². The molecule has 1 aromatic heterocycles. The van der Waals surface area contributed by atoms with E-state index in [9.17, 15) is 4.79 Å². The minimum atomic E-state index is 0. The van der Waals surface area contributed by atoms with Gasteiger partial charge in [0.25, 0.3) is 0 Å². The molecule has 2 N–H and O–H groups in total. The molecule has 0 saturated carbocycles. The summed E-state index contributed by atoms with van der Waals surface area (Å²) in [6.45, 7) is 2.32. The SMILES string of the molecule is Cl.O=C(CC1CCCN1)NCc1cnn(Cc2ccccc2)c1. The maximum Gasteiger partial charge on any atom is 0.221 e. The molecule has 1 fully saturated rings. The zero-order valence-corrected chi connectivity index (χ0v) is 13.9. The zero-order chi connectivity index (χ0) is 15.2. The molecule has 0 aliphatic carbocycles. The largest absolute Gasteiger partial charge is 0.352 e. The van der Waals surface area contributed by atoms with Gasteiger partial charge in [0.05, 0.1) is 12.7 Å². The smallest absolute Gasteiger partial charge is 0.221 e. The lowest BCUT2D eigenvalue weighted by Crippen LogP contribution is -2.31. The van der Waals surface area contributed by atoms with Crippen LogP contribution in [0.5, 0.6) is 0 Å². The molecule has 0 radical (unpaired) electrons. The summed E-state index contributed by atoms with van der Waals surface area (Å²) in [4.78, 5) is 11.9. The Hall–Kier alpha value is -1.85.